The summed E-state index contributed by atoms with van der Waals surface area (Å²) in [5.74, 6) is 0.138. The van der Waals surface area contributed by atoms with E-state index in [1.165, 1.54) is 7.11 Å². The number of hydrogen-bond donors (Lipinski definition) is 1. The minimum atomic E-state index is -0.792. The van der Waals surface area contributed by atoms with Crippen LogP contribution in [-0.2, 0) is 20.7 Å². The lowest BCUT2D eigenvalue weighted by Gasteiger charge is -2.08. The molecule has 0 bridgehead atoms. The molecule has 6 heteroatoms. The van der Waals surface area contributed by atoms with Crippen molar-refractivity contribution >= 4 is 11.9 Å². The Bertz CT molecular complexity index is 692. The highest BCUT2D eigenvalue weighted by Gasteiger charge is 2.19. The van der Waals surface area contributed by atoms with Crippen LogP contribution in [0.2, 0.25) is 0 Å². The van der Waals surface area contributed by atoms with Crippen LogP contribution in [0.15, 0.2) is 40.8 Å². The summed E-state index contributed by atoms with van der Waals surface area (Å²) < 4.78 is 15.3. The molecule has 1 heterocycles. The van der Waals surface area contributed by atoms with Gasteiger partial charge in [0.15, 0.2) is 0 Å². The molecular formula is C17H19NO5. The zero-order chi connectivity index (χ0) is 16.8. The lowest BCUT2D eigenvalue weighted by Crippen LogP contribution is -2.33. The normalized spacial score (nSPS) is 11.8. The van der Waals surface area contributed by atoms with E-state index < -0.39 is 18.0 Å². The molecule has 0 aliphatic rings. The molecule has 0 aliphatic heterocycles. The lowest BCUT2D eigenvalue weighted by atomic mass is 10.1. The van der Waals surface area contributed by atoms with Crippen molar-refractivity contribution in [3.8, 4) is 11.3 Å². The van der Waals surface area contributed by atoms with Gasteiger partial charge in [0, 0.05) is 12.0 Å². The van der Waals surface area contributed by atoms with Crippen LogP contribution in [0.4, 0.5) is 0 Å². The molecule has 23 heavy (non-hydrogen) atoms. The number of furan rings is 1. The summed E-state index contributed by atoms with van der Waals surface area (Å²) >= 11 is 0. The molecule has 0 amide bonds. The Morgan fingerprint density at radius 3 is 2.65 bits per heavy atom. The van der Waals surface area contributed by atoms with Crippen molar-refractivity contribution in [2.45, 2.75) is 19.4 Å². The molecule has 0 saturated heterocycles. The maximum absolute atomic E-state index is 12.0. The summed E-state index contributed by atoms with van der Waals surface area (Å²) in [7, 11) is 1.28. The third-order valence-electron chi connectivity index (χ3n) is 3.27. The van der Waals surface area contributed by atoms with Crippen molar-refractivity contribution in [3.05, 3.63) is 47.7 Å². The summed E-state index contributed by atoms with van der Waals surface area (Å²) in [5.41, 5.74) is 6.77. The van der Waals surface area contributed by atoms with Gasteiger partial charge in [-0.3, -0.25) is 4.79 Å². The lowest BCUT2D eigenvalue weighted by molar-refractivity contribution is -0.142. The number of hydrogen-bond acceptors (Lipinski definition) is 6. The third kappa shape index (κ3) is 3.98. The monoisotopic (exact) mass is 317 g/mol. The molecule has 2 aromatic rings. The largest absolute Gasteiger partial charge is 0.468 e. The fourth-order valence-electron chi connectivity index (χ4n) is 2.17. The minimum absolute atomic E-state index is 0.217. The van der Waals surface area contributed by atoms with Crippen LogP contribution in [0, 0.1) is 0 Å². The third-order valence-corrected chi connectivity index (χ3v) is 3.27. The van der Waals surface area contributed by atoms with E-state index in [2.05, 4.69) is 4.74 Å². The molecule has 122 valence electrons. The highest BCUT2D eigenvalue weighted by atomic mass is 16.5. The quantitative estimate of drug-likeness (QED) is 0.821. The number of rotatable bonds is 6. The van der Waals surface area contributed by atoms with Gasteiger partial charge >= 0.3 is 11.9 Å². The Balaban J connectivity index is 2.24. The van der Waals surface area contributed by atoms with Crippen LogP contribution < -0.4 is 5.73 Å². The second kappa shape index (κ2) is 7.60. The molecule has 0 radical (unpaired) electrons. The van der Waals surface area contributed by atoms with Crippen molar-refractivity contribution in [2.75, 3.05) is 13.7 Å². The number of carbonyl (C=O) groups excluding carboxylic acids is 2. The van der Waals surface area contributed by atoms with Gasteiger partial charge in [0.05, 0.1) is 19.3 Å². The molecule has 6 nitrogen and oxygen atoms in total. The van der Waals surface area contributed by atoms with E-state index in [1.54, 1.807) is 43.3 Å². The minimum Gasteiger partial charge on any atom is -0.468 e. The molecule has 0 aliphatic carbocycles. The summed E-state index contributed by atoms with van der Waals surface area (Å²) in [5, 5.41) is 0. The van der Waals surface area contributed by atoms with E-state index in [1.807, 2.05) is 0 Å². The SMILES string of the molecule is CCOC(=O)c1ccccc1-c1ccc(CC(N)C(=O)OC)o1. The average Bonchev–Trinajstić information content (AvgIpc) is 3.02. The number of esters is 2. The van der Waals surface area contributed by atoms with E-state index in [-0.39, 0.29) is 6.42 Å². The van der Waals surface area contributed by atoms with E-state index in [0.717, 1.165) is 0 Å². The zero-order valence-electron chi connectivity index (χ0n) is 13.1. The first-order valence-electron chi connectivity index (χ1n) is 7.25. The zero-order valence-corrected chi connectivity index (χ0v) is 13.1. The number of benzene rings is 1. The first-order valence-corrected chi connectivity index (χ1v) is 7.25. The van der Waals surface area contributed by atoms with Crippen LogP contribution in [0.3, 0.4) is 0 Å². The maximum atomic E-state index is 12.0. The Morgan fingerprint density at radius 2 is 1.96 bits per heavy atom. The van der Waals surface area contributed by atoms with Gasteiger partial charge < -0.3 is 19.6 Å². The summed E-state index contributed by atoms with van der Waals surface area (Å²) in [4.78, 5) is 23.4. The Kier molecular flexibility index (Phi) is 5.54. The van der Waals surface area contributed by atoms with Crippen molar-refractivity contribution in [1.29, 1.82) is 0 Å². The second-order valence-corrected chi connectivity index (χ2v) is 4.87. The molecule has 1 aromatic heterocycles. The van der Waals surface area contributed by atoms with Gasteiger partial charge in [0.25, 0.3) is 0 Å². The topological polar surface area (TPSA) is 91.8 Å². The predicted octanol–water partition coefficient (Wildman–Crippen LogP) is 2.17. The van der Waals surface area contributed by atoms with Gasteiger partial charge in [-0.1, -0.05) is 18.2 Å². The van der Waals surface area contributed by atoms with Gasteiger partial charge in [-0.05, 0) is 25.1 Å². The summed E-state index contributed by atoms with van der Waals surface area (Å²) in [6.07, 6.45) is 0.217. The summed E-state index contributed by atoms with van der Waals surface area (Å²) in [6.45, 7) is 2.05. The Morgan fingerprint density at radius 1 is 1.22 bits per heavy atom. The number of methoxy groups -OCH3 is 1. The molecule has 2 rings (SSSR count). The smallest absolute Gasteiger partial charge is 0.338 e. The molecule has 2 N–H and O–H groups in total. The van der Waals surface area contributed by atoms with Crippen LogP contribution >= 0.6 is 0 Å². The molecule has 1 atom stereocenters. The number of carbonyl (C=O) groups is 2. The van der Waals surface area contributed by atoms with Gasteiger partial charge in [0.1, 0.15) is 17.6 Å². The van der Waals surface area contributed by atoms with E-state index in [4.69, 9.17) is 14.9 Å². The molecule has 0 saturated carbocycles. The van der Waals surface area contributed by atoms with Gasteiger partial charge in [-0.25, -0.2) is 4.79 Å². The van der Waals surface area contributed by atoms with E-state index >= 15 is 0 Å². The Hall–Kier alpha value is -2.60. The molecule has 0 fully saturated rings. The van der Waals surface area contributed by atoms with Crippen molar-refractivity contribution in [1.82, 2.24) is 0 Å². The van der Waals surface area contributed by atoms with Crippen molar-refractivity contribution < 1.29 is 23.5 Å². The fourth-order valence-corrected chi connectivity index (χ4v) is 2.17. The number of nitrogens with two attached hydrogens (primary N) is 1. The molecule has 0 spiro atoms. The van der Waals surface area contributed by atoms with Crippen LogP contribution in [0.5, 0.6) is 0 Å². The van der Waals surface area contributed by atoms with Crippen LogP contribution in [-0.4, -0.2) is 31.7 Å². The highest BCUT2D eigenvalue weighted by Crippen LogP contribution is 2.27. The van der Waals surface area contributed by atoms with Gasteiger partial charge in [0.2, 0.25) is 0 Å². The first-order chi connectivity index (χ1) is 11.1. The van der Waals surface area contributed by atoms with Crippen molar-refractivity contribution in [2.24, 2.45) is 5.73 Å². The molecular weight excluding hydrogens is 298 g/mol. The second-order valence-electron chi connectivity index (χ2n) is 4.87. The van der Waals surface area contributed by atoms with Crippen molar-refractivity contribution in [3.63, 3.8) is 0 Å². The first kappa shape index (κ1) is 16.8. The van der Waals surface area contributed by atoms with Gasteiger partial charge in [-0.15, -0.1) is 0 Å². The molecule has 1 unspecified atom stereocenters. The molecule has 1 aromatic carbocycles. The van der Waals surface area contributed by atoms with Crippen LogP contribution in [0.1, 0.15) is 23.0 Å². The van der Waals surface area contributed by atoms with Crippen LogP contribution in [0.25, 0.3) is 11.3 Å². The number of ether oxygens (including phenoxy) is 2. The average molecular weight is 317 g/mol. The maximum Gasteiger partial charge on any atom is 0.338 e. The summed E-state index contributed by atoms with van der Waals surface area (Å²) in [6, 6.07) is 9.68. The Labute approximate surface area is 134 Å². The van der Waals surface area contributed by atoms with E-state index in [9.17, 15) is 9.59 Å². The fraction of sp³-hybridized carbons (Fsp3) is 0.294. The standard InChI is InChI=1S/C17H19NO5/c1-3-22-16(19)13-7-5-4-6-12(13)15-9-8-11(23-15)10-14(18)17(20)21-2/h4-9,14H,3,10,18H2,1-2H3. The van der Waals surface area contributed by atoms with E-state index in [0.29, 0.717) is 29.3 Å². The predicted molar refractivity (Wildman–Crippen MR) is 83.8 cm³/mol. The highest BCUT2D eigenvalue weighted by molar-refractivity contribution is 5.96. The van der Waals surface area contributed by atoms with Gasteiger partial charge in [-0.2, -0.15) is 0 Å².